The van der Waals surface area contributed by atoms with Crippen molar-refractivity contribution in [1.29, 1.82) is 0 Å². The van der Waals surface area contributed by atoms with Crippen LogP contribution in [0.15, 0.2) is 103 Å². The topological polar surface area (TPSA) is 413 Å². The molecule has 0 radical (unpaired) electrons. The summed E-state index contributed by atoms with van der Waals surface area (Å²) in [5.41, 5.74) is 4.78. The fourth-order valence-corrected chi connectivity index (χ4v) is 16.0. The van der Waals surface area contributed by atoms with Crippen LogP contribution < -0.4 is 195 Å². The Balaban J connectivity index is 0.00000505. The molecule has 5 unspecified atom stereocenters. The van der Waals surface area contributed by atoms with Gasteiger partial charge in [0.15, 0.2) is 5.71 Å². The fraction of sp³-hybridized carbons (Fsp3) is 0.413. The molecule has 0 spiro atoms. The molecule has 3 aliphatic heterocycles. The number of allylic oxidation sites excluding steroid dienone is 4. The summed E-state index contributed by atoms with van der Waals surface area (Å²) < 4.78 is 91.5. The van der Waals surface area contributed by atoms with Gasteiger partial charge >= 0.3 is 324 Å². The number of hydroxylamine groups is 1. The van der Waals surface area contributed by atoms with Gasteiger partial charge in [-0.05, 0) is 87.0 Å². The number of H-pyrrole nitrogens is 1. The van der Waals surface area contributed by atoms with E-state index < -0.39 is 84.2 Å². The predicted octanol–water partition coefficient (Wildman–Crippen LogP) is -11.8. The zero-order chi connectivity index (χ0) is 59.1. The number of aliphatic hydroxyl groups is 1. The number of rotatable bonds is 29. The van der Waals surface area contributed by atoms with Crippen LogP contribution in [-0.2, 0) is 77.3 Å². The first-order valence-corrected chi connectivity index (χ1v) is 32.9. The van der Waals surface area contributed by atoms with E-state index in [9.17, 15) is 62.4 Å². The van der Waals surface area contributed by atoms with Gasteiger partial charge in [-0.2, -0.15) is 13.2 Å². The Morgan fingerprint density at radius 1 is 0.907 bits per heavy atom. The number of fused-ring (bicyclic) bond motifs is 4. The number of hydrogen-bond donors (Lipinski definition) is 4. The van der Waals surface area contributed by atoms with E-state index >= 15 is 0 Å². The molecule has 40 heteroatoms. The fourth-order valence-electron chi connectivity index (χ4n) is 9.99. The van der Waals surface area contributed by atoms with Crippen molar-refractivity contribution in [3.8, 4) is 0 Å². The van der Waals surface area contributed by atoms with E-state index in [2.05, 4.69) is 66.9 Å². The number of aliphatic hydroxyl groups excluding tert-OH is 1. The van der Waals surface area contributed by atoms with Crippen LogP contribution in [0.1, 0.15) is 89.6 Å². The molecule has 1 fully saturated rings. The average Bonchev–Trinajstić information content (AvgIpc) is 1.60. The van der Waals surface area contributed by atoms with Gasteiger partial charge in [0.2, 0.25) is 5.69 Å². The van der Waals surface area contributed by atoms with E-state index in [1.54, 1.807) is 18.2 Å². The summed E-state index contributed by atoms with van der Waals surface area (Å²) >= 11 is 1.27. The smallest absolute Gasteiger partial charge is 0.744 e. The first-order chi connectivity index (χ1) is 38.4. The summed E-state index contributed by atoms with van der Waals surface area (Å²) in [5, 5.41) is 62.9. The summed E-state index contributed by atoms with van der Waals surface area (Å²) in [4.78, 5) is 59.4. The number of aromatic amines is 1. The molecule has 7 rings (SSSR count). The van der Waals surface area contributed by atoms with Gasteiger partial charge in [-0.1, -0.05) is 26.3 Å². The molecule has 0 bridgehead atoms. The molecule has 4 aromatic rings. The normalized spacial score (nSPS) is 19.0. The number of anilines is 1. The van der Waals surface area contributed by atoms with Gasteiger partial charge in [0.05, 0.1) is 41.0 Å². The van der Waals surface area contributed by atoms with Crippen LogP contribution in [0.3, 0.4) is 0 Å². The van der Waals surface area contributed by atoms with Gasteiger partial charge in [-0.25, -0.2) is 8.42 Å². The minimum absolute atomic E-state index is 0. The molecular formula is C46H53N5Na5O24P3S3+2. The van der Waals surface area contributed by atoms with Crippen LogP contribution in [0.5, 0.6) is 0 Å². The molecule has 0 saturated carbocycles. The minimum atomic E-state index is -6.80. The monoisotopic (exact) mass is 1360 g/mol. The third-order valence-electron chi connectivity index (χ3n) is 13.8. The summed E-state index contributed by atoms with van der Waals surface area (Å²) in [7, 11) is -14.1. The maximum absolute atomic E-state index is 12.8. The zero-order valence-electron chi connectivity index (χ0n) is 48.4. The number of hydrogen-bond acceptors (Lipinski definition) is 28. The first-order valence-electron chi connectivity index (χ1n) is 24.3. The van der Waals surface area contributed by atoms with Crippen molar-refractivity contribution >= 4 is 90.2 Å². The van der Waals surface area contributed by atoms with Crippen molar-refractivity contribution in [2.24, 2.45) is 0 Å². The summed E-state index contributed by atoms with van der Waals surface area (Å²) in [6, 6.07) is 11.9. The number of aromatic nitrogens is 2. The van der Waals surface area contributed by atoms with Crippen LogP contribution in [0.4, 0.5) is 11.4 Å². The first kappa shape index (κ1) is 82.7. The Morgan fingerprint density at radius 3 is 2.19 bits per heavy atom. The van der Waals surface area contributed by atoms with Gasteiger partial charge < -0.3 is 20.0 Å². The molecule has 0 amide bonds. The molecule has 3 aliphatic rings. The molecular weight excluding hydrogens is 1310 g/mol. The largest absolute Gasteiger partial charge is 1.00 e. The summed E-state index contributed by atoms with van der Waals surface area (Å²) in [6.45, 7) is 3.61. The van der Waals surface area contributed by atoms with E-state index in [-0.39, 0.29) is 177 Å². The van der Waals surface area contributed by atoms with Gasteiger partial charge in [0.1, 0.15) is 16.7 Å². The van der Waals surface area contributed by atoms with Gasteiger partial charge in [-0.3, -0.25) is 10.1 Å². The minimum Gasteiger partial charge on any atom is -0.744 e. The Bertz CT molecular complexity index is 3410. The SMILES string of the molecule is CCN1/C(=C/C=C/C2=[N+](CCCCCCON/C=C/c3cn(C4CC(O)C(COP(O[O-])(OOO)([P+](=O)[O-])[P+](=O)[O-])O4)c(=O)[nH]c3=O)c3ccc4c(S(=O)(=O)[O-])cc(SOO[O-])cc4c3C2(C)C)C(C)(C)c2cc(SOO[O-])ccc21.[Na+].[Na+].[Na+].[Na+].[Na+]. The third kappa shape index (κ3) is 18.0. The maximum Gasteiger partial charge on any atom is 1.00 e. The number of unbranched alkanes of at least 4 members (excludes halogenated alkanes) is 3. The number of ether oxygens (including phenoxy) is 1. The average molecular weight is 1360 g/mol. The molecule has 86 heavy (non-hydrogen) atoms. The number of likely N-dealkylation sites (N-methyl/N-ethyl adjacent to an activating group) is 1. The molecule has 1 aromatic heterocycles. The molecule has 3 aromatic carbocycles. The quantitative estimate of drug-likeness (QED) is 0.00573. The second-order valence-electron chi connectivity index (χ2n) is 19.2. The van der Waals surface area contributed by atoms with Crippen molar-refractivity contribution in [3.63, 3.8) is 0 Å². The van der Waals surface area contributed by atoms with Crippen LogP contribution in [0.2, 0.25) is 0 Å². The van der Waals surface area contributed by atoms with Crippen molar-refractivity contribution in [1.82, 2.24) is 15.0 Å². The van der Waals surface area contributed by atoms with Crippen molar-refractivity contribution in [2.45, 2.75) is 111 Å². The van der Waals surface area contributed by atoms with Crippen LogP contribution in [-0.4, -0.2) is 81.7 Å². The van der Waals surface area contributed by atoms with Gasteiger partial charge in [0.25, 0.3) is 0 Å². The van der Waals surface area contributed by atoms with Gasteiger partial charge in [-0.15, -0.1) is 0 Å². The summed E-state index contributed by atoms with van der Waals surface area (Å²) in [5.74, 6) is 0. The van der Waals surface area contributed by atoms with E-state index in [4.69, 9.17) is 19.4 Å². The third-order valence-corrected chi connectivity index (χ3v) is 25.4. The Morgan fingerprint density at radius 2 is 1.57 bits per heavy atom. The molecule has 0 aliphatic carbocycles. The maximum atomic E-state index is 12.8. The summed E-state index contributed by atoms with van der Waals surface area (Å²) in [6.07, 6.45) is 7.42. The Labute approximate surface area is 613 Å². The molecule has 4 heterocycles. The van der Waals surface area contributed by atoms with E-state index in [0.717, 1.165) is 69.2 Å². The number of nitrogens with one attached hydrogen (secondary N) is 2. The van der Waals surface area contributed by atoms with Crippen molar-refractivity contribution in [3.05, 3.63) is 116 Å². The second-order valence-corrected chi connectivity index (χ2v) is 32.2. The van der Waals surface area contributed by atoms with Gasteiger partial charge in [0, 0.05) is 62.6 Å². The van der Waals surface area contributed by atoms with Crippen LogP contribution >= 0.6 is 46.2 Å². The van der Waals surface area contributed by atoms with Crippen LogP contribution in [0, 0.1) is 0 Å². The predicted molar refractivity (Wildman–Crippen MR) is 277 cm³/mol. The van der Waals surface area contributed by atoms with E-state index in [0.29, 0.717) is 54.7 Å². The van der Waals surface area contributed by atoms with Crippen molar-refractivity contribution < 1.29 is 258 Å². The standard InChI is InChI=1S/C46H56N5O24P3S3.5Na/c1-6-49-34-16-14-29(79-74-70-56)23-33(34)45(2,3)39(49)12-11-13-40-46(4,5)42-32-22-30(80-75-71-57)24-38(81(63,64)65)31(32)15-17-35(42)50(40)20-9-7-8-10-21-66-47-19-18-28-26-51(44(54)48-43(28)53)41-25-36(52)37(68-41)27-67-78(72-58,73-69-55,76(59)60)77(61)62;;;;;/h11-19,22-24,26,36-37,41,47,52H,6-10,20-21,25,27H2,1-5H3,(H5-,48,53,54,55,56,57,58,63,64,65);;;;;/q;5*+1/p-3/b19-18+;;;;;. The zero-order valence-corrected chi connectivity index (χ0v) is 63.5. The number of nitrogens with zero attached hydrogens (tertiary/aromatic N) is 3. The van der Waals surface area contributed by atoms with E-state index in [1.165, 1.54) is 12.3 Å². The molecule has 442 valence electrons. The van der Waals surface area contributed by atoms with E-state index in [1.807, 2.05) is 57.2 Å². The molecule has 1 saturated heterocycles. The molecule has 5 atom stereocenters. The Hall–Kier alpha value is 0.650. The second kappa shape index (κ2) is 36.0. The molecule has 4 N–H and O–H groups in total. The van der Waals surface area contributed by atoms with Crippen LogP contribution in [0.25, 0.3) is 16.8 Å². The molecule has 29 nitrogen and oxygen atoms in total. The van der Waals surface area contributed by atoms with Crippen molar-refractivity contribution in [2.75, 3.05) is 31.2 Å². The number of benzene rings is 3. The Kier molecular flexibility index (Phi) is 34.6.